The maximum atomic E-state index is 11.6. The summed E-state index contributed by atoms with van der Waals surface area (Å²) in [5, 5.41) is 1.99. The molecule has 102 valence electrons. The first-order valence-corrected chi connectivity index (χ1v) is 7.39. The maximum Gasteiger partial charge on any atom is 0.306 e. The molecule has 0 bridgehead atoms. The zero-order chi connectivity index (χ0) is 13.4. The highest BCUT2D eigenvalue weighted by molar-refractivity contribution is 7.09. The number of hydrogen-bond acceptors (Lipinski definition) is 4. The molecule has 1 rings (SSSR count). The van der Waals surface area contributed by atoms with Gasteiger partial charge in [0.1, 0.15) is 6.61 Å². The predicted octanol–water partition coefficient (Wildman–Crippen LogP) is 3.19. The molecule has 18 heavy (non-hydrogen) atoms. The lowest BCUT2D eigenvalue weighted by atomic mass is 9.88. The van der Waals surface area contributed by atoms with Crippen LogP contribution in [0, 0.1) is 11.8 Å². The molecule has 0 saturated carbocycles. The van der Waals surface area contributed by atoms with E-state index in [0.29, 0.717) is 31.4 Å². The van der Waals surface area contributed by atoms with Crippen molar-refractivity contribution in [3.8, 4) is 0 Å². The number of esters is 1. The molecular weight excluding hydrogens is 246 g/mol. The highest BCUT2D eigenvalue weighted by Crippen LogP contribution is 2.21. The van der Waals surface area contributed by atoms with Gasteiger partial charge in [0.05, 0.1) is 0 Å². The van der Waals surface area contributed by atoms with Crippen LogP contribution in [0.15, 0.2) is 17.5 Å². The van der Waals surface area contributed by atoms with Crippen LogP contribution in [0.25, 0.3) is 0 Å². The Balaban J connectivity index is 2.23. The van der Waals surface area contributed by atoms with Gasteiger partial charge in [-0.1, -0.05) is 19.9 Å². The van der Waals surface area contributed by atoms with Crippen molar-refractivity contribution in [2.24, 2.45) is 17.6 Å². The zero-order valence-corrected chi connectivity index (χ0v) is 12.0. The Morgan fingerprint density at radius 2 is 2.22 bits per heavy atom. The molecule has 1 aromatic rings. The molecule has 0 aromatic carbocycles. The second-order valence-electron chi connectivity index (χ2n) is 4.86. The van der Waals surface area contributed by atoms with Crippen molar-refractivity contribution in [3.63, 3.8) is 0 Å². The van der Waals surface area contributed by atoms with Gasteiger partial charge in [-0.15, -0.1) is 11.3 Å². The fourth-order valence-electron chi connectivity index (χ4n) is 1.95. The van der Waals surface area contributed by atoms with Gasteiger partial charge < -0.3 is 10.5 Å². The highest BCUT2D eigenvalue weighted by atomic mass is 32.1. The van der Waals surface area contributed by atoms with Gasteiger partial charge in [-0.3, -0.25) is 4.79 Å². The summed E-state index contributed by atoms with van der Waals surface area (Å²) in [7, 11) is 0. The number of thiophene rings is 1. The Hall–Kier alpha value is -0.870. The Labute approximate surface area is 113 Å². The molecule has 1 unspecified atom stereocenters. The summed E-state index contributed by atoms with van der Waals surface area (Å²) in [6.45, 7) is 5.45. The molecule has 1 heterocycles. The van der Waals surface area contributed by atoms with E-state index in [1.54, 1.807) is 11.3 Å². The van der Waals surface area contributed by atoms with Crippen LogP contribution in [-0.2, 0) is 16.1 Å². The average Bonchev–Trinajstić information content (AvgIpc) is 2.84. The number of ether oxygens (including phenoxy) is 1. The van der Waals surface area contributed by atoms with E-state index in [2.05, 4.69) is 13.8 Å². The number of rotatable bonds is 8. The van der Waals surface area contributed by atoms with Crippen LogP contribution in [0.2, 0.25) is 0 Å². The van der Waals surface area contributed by atoms with E-state index in [4.69, 9.17) is 10.5 Å². The van der Waals surface area contributed by atoms with E-state index in [1.807, 2.05) is 17.5 Å². The van der Waals surface area contributed by atoms with Crippen molar-refractivity contribution in [1.82, 2.24) is 0 Å². The number of carbonyl (C=O) groups excluding carboxylic acids is 1. The lowest BCUT2D eigenvalue weighted by molar-refractivity contribution is -0.145. The lowest BCUT2D eigenvalue weighted by Crippen LogP contribution is -2.16. The van der Waals surface area contributed by atoms with Gasteiger partial charge in [-0.05, 0) is 42.7 Å². The van der Waals surface area contributed by atoms with Crippen molar-refractivity contribution >= 4 is 17.3 Å². The first-order chi connectivity index (χ1) is 8.63. The van der Waals surface area contributed by atoms with Gasteiger partial charge in [-0.25, -0.2) is 0 Å². The third-order valence-corrected chi connectivity index (χ3v) is 4.00. The van der Waals surface area contributed by atoms with Gasteiger partial charge in [0.2, 0.25) is 0 Å². The average molecular weight is 269 g/mol. The van der Waals surface area contributed by atoms with E-state index < -0.39 is 0 Å². The third-order valence-electron chi connectivity index (χ3n) is 3.16. The predicted molar refractivity (Wildman–Crippen MR) is 75.3 cm³/mol. The summed E-state index contributed by atoms with van der Waals surface area (Å²) in [6.07, 6.45) is 2.35. The summed E-state index contributed by atoms with van der Waals surface area (Å²) in [5.74, 6) is 0.981. The molecule has 0 aliphatic carbocycles. The maximum absolute atomic E-state index is 11.6. The molecule has 0 radical (unpaired) electrons. The van der Waals surface area contributed by atoms with Crippen LogP contribution >= 0.6 is 11.3 Å². The second-order valence-corrected chi connectivity index (χ2v) is 5.89. The van der Waals surface area contributed by atoms with E-state index in [0.717, 1.165) is 17.7 Å². The lowest BCUT2D eigenvalue weighted by Gasteiger charge is -2.19. The quantitative estimate of drug-likeness (QED) is 0.737. The summed E-state index contributed by atoms with van der Waals surface area (Å²) < 4.78 is 5.23. The van der Waals surface area contributed by atoms with Gasteiger partial charge >= 0.3 is 5.97 Å². The first kappa shape index (κ1) is 15.2. The number of nitrogens with two attached hydrogens (primary N) is 1. The Morgan fingerprint density at radius 3 is 2.78 bits per heavy atom. The molecule has 4 heteroatoms. The van der Waals surface area contributed by atoms with Crippen molar-refractivity contribution in [1.29, 1.82) is 0 Å². The van der Waals surface area contributed by atoms with Crippen molar-refractivity contribution in [2.75, 3.05) is 6.54 Å². The Bertz CT molecular complexity index is 336. The summed E-state index contributed by atoms with van der Waals surface area (Å²) >= 11 is 1.61. The highest BCUT2D eigenvalue weighted by Gasteiger charge is 2.15. The SMILES string of the molecule is CC(C)C(CCN)CCC(=O)OCc1cccs1. The van der Waals surface area contributed by atoms with Crippen molar-refractivity contribution in [2.45, 2.75) is 39.7 Å². The minimum Gasteiger partial charge on any atom is -0.460 e. The second kappa shape index (κ2) is 8.27. The van der Waals surface area contributed by atoms with Crippen LogP contribution in [0.1, 0.15) is 38.0 Å². The molecule has 3 nitrogen and oxygen atoms in total. The smallest absolute Gasteiger partial charge is 0.306 e. The van der Waals surface area contributed by atoms with Crippen LogP contribution in [0.3, 0.4) is 0 Å². The molecule has 1 aromatic heterocycles. The Kier molecular flexibility index (Phi) is 6.98. The van der Waals surface area contributed by atoms with Crippen LogP contribution in [0.5, 0.6) is 0 Å². The minimum absolute atomic E-state index is 0.105. The molecule has 0 aliphatic rings. The summed E-state index contributed by atoms with van der Waals surface area (Å²) in [6, 6.07) is 3.94. The van der Waals surface area contributed by atoms with E-state index in [-0.39, 0.29) is 5.97 Å². The molecule has 0 spiro atoms. The normalized spacial score (nSPS) is 12.7. The molecule has 0 aliphatic heterocycles. The topological polar surface area (TPSA) is 52.3 Å². The minimum atomic E-state index is -0.105. The van der Waals surface area contributed by atoms with E-state index >= 15 is 0 Å². The fourth-order valence-corrected chi connectivity index (χ4v) is 2.56. The standard InChI is InChI=1S/C14H23NO2S/c1-11(2)12(7-8-15)5-6-14(16)17-10-13-4-3-9-18-13/h3-4,9,11-12H,5-8,10,15H2,1-2H3. The summed E-state index contributed by atoms with van der Waals surface area (Å²) in [4.78, 5) is 12.7. The fraction of sp³-hybridized carbons (Fsp3) is 0.643. The molecule has 0 fully saturated rings. The molecular formula is C14H23NO2S. The van der Waals surface area contributed by atoms with Gasteiger partial charge in [-0.2, -0.15) is 0 Å². The summed E-state index contributed by atoms with van der Waals surface area (Å²) in [5.41, 5.74) is 5.58. The van der Waals surface area contributed by atoms with Gasteiger partial charge in [0.15, 0.2) is 0 Å². The van der Waals surface area contributed by atoms with Crippen molar-refractivity contribution < 1.29 is 9.53 Å². The van der Waals surface area contributed by atoms with Crippen LogP contribution in [-0.4, -0.2) is 12.5 Å². The van der Waals surface area contributed by atoms with E-state index in [1.165, 1.54) is 0 Å². The monoisotopic (exact) mass is 269 g/mol. The first-order valence-electron chi connectivity index (χ1n) is 6.51. The number of hydrogen-bond donors (Lipinski definition) is 1. The number of carbonyl (C=O) groups is 1. The van der Waals surface area contributed by atoms with E-state index in [9.17, 15) is 4.79 Å². The largest absolute Gasteiger partial charge is 0.460 e. The van der Waals surface area contributed by atoms with Gasteiger partial charge in [0.25, 0.3) is 0 Å². The molecule has 0 saturated heterocycles. The van der Waals surface area contributed by atoms with Crippen molar-refractivity contribution in [3.05, 3.63) is 22.4 Å². The Morgan fingerprint density at radius 1 is 1.44 bits per heavy atom. The van der Waals surface area contributed by atoms with Gasteiger partial charge in [0, 0.05) is 11.3 Å². The third kappa shape index (κ3) is 5.65. The molecule has 1 atom stereocenters. The zero-order valence-electron chi connectivity index (χ0n) is 11.2. The molecule has 0 amide bonds. The van der Waals surface area contributed by atoms with Crippen LogP contribution in [0.4, 0.5) is 0 Å². The molecule has 2 N–H and O–H groups in total. The van der Waals surface area contributed by atoms with Crippen LogP contribution < -0.4 is 5.73 Å².